The molecule has 0 aromatic rings. The Bertz CT molecular complexity index is 209. The molecule has 0 aromatic heterocycles. The van der Waals surface area contributed by atoms with Crippen LogP contribution >= 0.6 is 0 Å². The lowest BCUT2D eigenvalue weighted by Crippen LogP contribution is -2.42. The van der Waals surface area contributed by atoms with Gasteiger partial charge in [0, 0.05) is 0 Å². The summed E-state index contributed by atoms with van der Waals surface area (Å²) >= 11 is 0. The summed E-state index contributed by atoms with van der Waals surface area (Å²) < 4.78 is 0. The van der Waals surface area contributed by atoms with Crippen molar-refractivity contribution in [1.29, 1.82) is 0 Å². The molecule has 3 nitrogen and oxygen atoms in total. The van der Waals surface area contributed by atoms with Crippen LogP contribution in [0.2, 0.25) is 5.31 Å². The Morgan fingerprint density at radius 1 is 1.36 bits per heavy atom. The summed E-state index contributed by atoms with van der Waals surface area (Å²) in [6.07, 6.45) is 0.572. The molecule has 14 heavy (non-hydrogen) atoms. The highest BCUT2D eigenvalue weighted by Gasteiger charge is 2.30. The monoisotopic (exact) mass is 196 g/mol. The van der Waals surface area contributed by atoms with Gasteiger partial charge in [-0.05, 0) is 23.7 Å². The molecule has 2 radical (unpaired) electrons. The van der Waals surface area contributed by atoms with Crippen LogP contribution in [0.3, 0.4) is 0 Å². The van der Waals surface area contributed by atoms with Gasteiger partial charge in [0.15, 0.2) is 0 Å². The summed E-state index contributed by atoms with van der Waals surface area (Å²) in [5, 5.41) is -0.857. The summed E-state index contributed by atoms with van der Waals surface area (Å²) in [7, 11) is 5.68. The zero-order valence-corrected chi connectivity index (χ0v) is 9.63. The summed E-state index contributed by atoms with van der Waals surface area (Å²) in [5.74, 6) is -0.112. The van der Waals surface area contributed by atoms with Gasteiger partial charge in [-0.25, -0.2) is 0 Å². The Hall–Kier alpha value is -0.345. The van der Waals surface area contributed by atoms with Gasteiger partial charge in [0.1, 0.15) is 5.78 Å². The summed E-state index contributed by atoms with van der Waals surface area (Å²) in [6.45, 7) is 7.83. The second-order valence-corrected chi connectivity index (χ2v) is 5.26. The van der Waals surface area contributed by atoms with E-state index in [9.17, 15) is 4.79 Å². The Morgan fingerprint density at radius 3 is 2.07 bits per heavy atom. The molecule has 4 N–H and O–H groups in total. The molecule has 0 saturated carbocycles. The maximum absolute atomic E-state index is 11.7. The third-order valence-corrected chi connectivity index (χ3v) is 2.30. The molecule has 0 bridgehead atoms. The first kappa shape index (κ1) is 13.7. The summed E-state index contributed by atoms with van der Waals surface area (Å²) in [5.41, 5.74) is 11.2. The van der Waals surface area contributed by atoms with E-state index in [0.717, 1.165) is 0 Å². The van der Waals surface area contributed by atoms with E-state index >= 15 is 0 Å². The molecule has 1 atom stereocenters. The number of ketones is 1. The second-order valence-electron chi connectivity index (χ2n) is 5.26. The molecule has 0 fully saturated rings. The molecule has 80 valence electrons. The van der Waals surface area contributed by atoms with Crippen LogP contribution in [0.25, 0.3) is 0 Å². The fourth-order valence-electron chi connectivity index (χ4n) is 1.25. The average Bonchev–Trinajstić information content (AvgIpc) is 2.00. The van der Waals surface area contributed by atoms with Gasteiger partial charge in [-0.3, -0.25) is 4.79 Å². The van der Waals surface area contributed by atoms with Gasteiger partial charge in [0.05, 0.1) is 13.9 Å². The third kappa shape index (κ3) is 4.25. The fraction of sp³-hybridized carbons (Fsp3) is 0.900. The van der Waals surface area contributed by atoms with Gasteiger partial charge in [0.25, 0.3) is 0 Å². The third-order valence-electron chi connectivity index (χ3n) is 2.30. The quantitative estimate of drug-likeness (QED) is 0.633. The topological polar surface area (TPSA) is 69.1 Å². The van der Waals surface area contributed by atoms with Crippen molar-refractivity contribution in [2.24, 2.45) is 16.9 Å². The van der Waals surface area contributed by atoms with Crippen LogP contribution in [-0.2, 0) is 4.79 Å². The molecule has 0 amide bonds. The second kappa shape index (κ2) is 4.45. The minimum absolute atomic E-state index is 0.111. The van der Waals surface area contributed by atoms with Crippen molar-refractivity contribution in [2.45, 2.75) is 45.5 Å². The molecule has 4 heteroatoms. The van der Waals surface area contributed by atoms with E-state index in [0.29, 0.717) is 13.0 Å². The zero-order chi connectivity index (χ0) is 11.6. The lowest BCUT2D eigenvalue weighted by Gasteiger charge is -2.29. The molecule has 0 aliphatic heterocycles. The van der Waals surface area contributed by atoms with Gasteiger partial charge in [0.2, 0.25) is 0 Å². The van der Waals surface area contributed by atoms with Crippen molar-refractivity contribution in [3.63, 3.8) is 0 Å². The van der Waals surface area contributed by atoms with Crippen LogP contribution in [0.5, 0.6) is 0 Å². The predicted molar refractivity (Wildman–Crippen MR) is 60.2 cm³/mol. The van der Waals surface area contributed by atoms with Gasteiger partial charge >= 0.3 is 0 Å². The minimum Gasteiger partial charge on any atom is -0.330 e. The highest BCUT2D eigenvalue weighted by atomic mass is 16.1. The van der Waals surface area contributed by atoms with Gasteiger partial charge in [-0.2, -0.15) is 0 Å². The number of Topliss-reactive ketones (excluding diaryl/α,β-unsaturated/α-hetero) is 1. The Balaban J connectivity index is 4.37. The number of rotatable bonds is 5. The number of carbonyl (C=O) groups excluding carboxylic acids is 1. The normalized spacial score (nSPS) is 15.3. The zero-order valence-electron chi connectivity index (χ0n) is 9.63. The van der Waals surface area contributed by atoms with Crippen molar-refractivity contribution in [2.75, 3.05) is 6.54 Å². The van der Waals surface area contributed by atoms with Crippen molar-refractivity contribution < 1.29 is 4.79 Å². The van der Waals surface area contributed by atoms with E-state index in [1.807, 2.05) is 13.8 Å². The average molecular weight is 196 g/mol. The molecular weight excluding hydrogens is 175 g/mol. The van der Waals surface area contributed by atoms with Crippen molar-refractivity contribution in [1.82, 2.24) is 0 Å². The molecule has 0 aromatic carbocycles. The summed E-state index contributed by atoms with van der Waals surface area (Å²) in [4.78, 5) is 11.7. The number of nitrogens with two attached hydrogens (primary N) is 2. The van der Waals surface area contributed by atoms with E-state index < -0.39 is 11.4 Å². The van der Waals surface area contributed by atoms with Crippen LogP contribution < -0.4 is 11.5 Å². The first-order valence-corrected chi connectivity index (χ1v) is 4.89. The van der Waals surface area contributed by atoms with Crippen LogP contribution in [0.15, 0.2) is 0 Å². The molecule has 0 heterocycles. The van der Waals surface area contributed by atoms with E-state index in [1.165, 1.54) is 0 Å². The maximum atomic E-state index is 11.7. The molecule has 0 saturated heterocycles. The molecule has 0 spiro atoms. The van der Waals surface area contributed by atoms with Gasteiger partial charge < -0.3 is 11.5 Å². The number of carbonyl (C=O) groups is 1. The fourth-order valence-corrected chi connectivity index (χ4v) is 1.25. The minimum atomic E-state index is -0.857. The van der Waals surface area contributed by atoms with Gasteiger partial charge in [-0.1, -0.05) is 27.7 Å². The first-order valence-electron chi connectivity index (χ1n) is 4.89. The van der Waals surface area contributed by atoms with E-state index in [1.54, 1.807) is 13.8 Å². The molecule has 0 rings (SSSR count). The van der Waals surface area contributed by atoms with Crippen molar-refractivity contribution in [3.05, 3.63) is 0 Å². The van der Waals surface area contributed by atoms with E-state index in [-0.39, 0.29) is 11.2 Å². The molecule has 1 unspecified atom stereocenters. The SMILES string of the molecule is [B]C(C)(C)C(=O)C(N)CC(C)(C)CN. The lowest BCUT2D eigenvalue weighted by molar-refractivity contribution is -0.123. The van der Waals surface area contributed by atoms with E-state index in [4.69, 9.17) is 19.3 Å². The Labute approximate surface area is 88.0 Å². The highest BCUT2D eigenvalue weighted by molar-refractivity contribution is 6.28. The molecular formula is C10H21BN2O. The first-order chi connectivity index (χ1) is 6.10. The predicted octanol–water partition coefficient (Wildman–Crippen LogP) is 0.625. The highest BCUT2D eigenvalue weighted by Crippen LogP contribution is 2.26. The van der Waals surface area contributed by atoms with Crippen molar-refractivity contribution in [3.8, 4) is 0 Å². The molecule has 0 aliphatic carbocycles. The Kier molecular flexibility index (Phi) is 4.34. The maximum Gasteiger partial charge on any atom is 0.146 e. The molecule has 0 aliphatic rings. The van der Waals surface area contributed by atoms with Gasteiger partial charge in [-0.15, -0.1) is 0 Å². The number of hydrogen-bond acceptors (Lipinski definition) is 3. The van der Waals surface area contributed by atoms with E-state index in [2.05, 4.69) is 0 Å². The largest absolute Gasteiger partial charge is 0.330 e. The smallest absolute Gasteiger partial charge is 0.146 e. The standard InChI is InChI=1S/C10H21BN2O/c1-9(2,6-12)5-7(13)8(14)10(3,4)11/h7H,5-6,12-13H2,1-4H3. The van der Waals surface area contributed by atoms with Crippen LogP contribution in [0.4, 0.5) is 0 Å². The number of hydrogen-bond donors (Lipinski definition) is 2. The van der Waals surface area contributed by atoms with Crippen molar-refractivity contribution >= 4 is 13.6 Å². The van der Waals surface area contributed by atoms with Crippen LogP contribution in [0, 0.1) is 5.41 Å². The Morgan fingerprint density at radius 2 is 1.79 bits per heavy atom. The lowest BCUT2D eigenvalue weighted by atomic mass is 9.66. The van der Waals surface area contributed by atoms with Crippen LogP contribution in [0.1, 0.15) is 34.1 Å². The van der Waals surface area contributed by atoms with Crippen LogP contribution in [-0.4, -0.2) is 26.2 Å². The summed E-state index contributed by atoms with van der Waals surface area (Å²) in [6, 6.07) is -0.520.